The van der Waals surface area contributed by atoms with Crippen LogP contribution >= 0.6 is 23.2 Å². The Labute approximate surface area is 173 Å². The molecule has 2 heterocycles. The van der Waals surface area contributed by atoms with Crippen molar-refractivity contribution in [1.82, 2.24) is 14.8 Å². The van der Waals surface area contributed by atoms with Crippen molar-refractivity contribution >= 4 is 40.1 Å². The molecule has 3 aromatic rings. The Morgan fingerprint density at radius 3 is 2.54 bits per heavy atom. The summed E-state index contributed by atoms with van der Waals surface area (Å²) in [5.41, 5.74) is 2.82. The van der Waals surface area contributed by atoms with Gasteiger partial charge in [0.15, 0.2) is 0 Å². The third-order valence-corrected chi connectivity index (χ3v) is 5.74. The van der Waals surface area contributed by atoms with Crippen molar-refractivity contribution in [3.05, 3.63) is 69.8 Å². The van der Waals surface area contributed by atoms with Gasteiger partial charge in [-0.3, -0.25) is 14.6 Å². The quantitative estimate of drug-likeness (QED) is 0.644. The van der Waals surface area contributed by atoms with Crippen LogP contribution in [0.1, 0.15) is 17.2 Å². The summed E-state index contributed by atoms with van der Waals surface area (Å²) in [6.07, 6.45) is 1.79. The molecule has 2 N–H and O–H groups in total. The zero-order valence-corrected chi connectivity index (χ0v) is 16.7. The van der Waals surface area contributed by atoms with Gasteiger partial charge in [0.2, 0.25) is 0 Å². The normalized spacial score (nSPS) is 17.1. The second kappa shape index (κ2) is 8.13. The Kier molecular flexibility index (Phi) is 5.60. The van der Waals surface area contributed by atoms with Crippen LogP contribution in [0.2, 0.25) is 10.0 Å². The van der Waals surface area contributed by atoms with Crippen LogP contribution in [0, 0.1) is 0 Å². The lowest BCUT2D eigenvalue weighted by Crippen LogP contribution is -2.48. The molecule has 0 aliphatic carbocycles. The number of aliphatic carboxylic acids is 1. The van der Waals surface area contributed by atoms with E-state index in [0.29, 0.717) is 18.1 Å². The number of benzene rings is 2. The monoisotopic (exact) mass is 417 g/mol. The average Bonchev–Trinajstić information content (AvgIpc) is 3.06. The van der Waals surface area contributed by atoms with E-state index in [0.717, 1.165) is 41.1 Å². The summed E-state index contributed by atoms with van der Waals surface area (Å²) in [7, 11) is 0. The fourth-order valence-corrected chi connectivity index (χ4v) is 4.28. The van der Waals surface area contributed by atoms with E-state index >= 15 is 0 Å². The first kappa shape index (κ1) is 19.3. The van der Waals surface area contributed by atoms with Crippen LogP contribution in [0.25, 0.3) is 10.9 Å². The Morgan fingerprint density at radius 1 is 1.07 bits per heavy atom. The lowest BCUT2D eigenvalue weighted by molar-refractivity contribution is -0.144. The van der Waals surface area contributed by atoms with Crippen LogP contribution in [-0.4, -0.2) is 52.0 Å². The number of nitrogens with one attached hydrogen (secondary N) is 1. The molecule has 1 fully saturated rings. The van der Waals surface area contributed by atoms with E-state index in [-0.39, 0.29) is 0 Å². The number of rotatable bonds is 5. The topological polar surface area (TPSA) is 59.6 Å². The lowest BCUT2D eigenvalue weighted by Gasteiger charge is -2.37. The van der Waals surface area contributed by atoms with Gasteiger partial charge in [-0.15, -0.1) is 0 Å². The molecule has 0 radical (unpaired) electrons. The number of carboxylic acid groups (broad SMARTS) is 1. The molecule has 1 aliphatic rings. The SMILES string of the molecule is O=C(O)[C@H](c1c[nH]c2ccc(Cl)cc12)N1CCN(Cc2cccc(Cl)c2)CC1. The maximum absolute atomic E-state index is 12.1. The van der Waals surface area contributed by atoms with Gasteiger partial charge in [-0.1, -0.05) is 35.3 Å². The number of carbonyl (C=O) groups is 1. The number of nitrogens with zero attached hydrogens (tertiary/aromatic N) is 2. The molecular formula is C21H21Cl2N3O2. The first-order valence-corrected chi connectivity index (χ1v) is 9.97. The minimum absolute atomic E-state index is 0.601. The van der Waals surface area contributed by atoms with E-state index in [9.17, 15) is 9.90 Å². The summed E-state index contributed by atoms with van der Waals surface area (Å²) in [4.78, 5) is 19.6. The van der Waals surface area contributed by atoms with E-state index in [1.165, 1.54) is 5.56 Å². The number of aromatic amines is 1. The zero-order valence-electron chi connectivity index (χ0n) is 15.2. The van der Waals surface area contributed by atoms with Crippen molar-refractivity contribution in [3.8, 4) is 0 Å². The molecule has 2 aromatic carbocycles. The first-order valence-electron chi connectivity index (χ1n) is 9.21. The highest BCUT2D eigenvalue weighted by atomic mass is 35.5. The number of aromatic nitrogens is 1. The fraction of sp³-hybridized carbons (Fsp3) is 0.286. The van der Waals surface area contributed by atoms with Crippen molar-refractivity contribution < 1.29 is 9.90 Å². The predicted octanol–water partition coefficient (Wildman–Crippen LogP) is 4.42. The van der Waals surface area contributed by atoms with Crippen LogP contribution < -0.4 is 0 Å². The first-order chi connectivity index (χ1) is 13.5. The molecular weight excluding hydrogens is 397 g/mol. The Bertz CT molecular complexity index is 996. The number of hydrogen-bond acceptors (Lipinski definition) is 3. The largest absolute Gasteiger partial charge is 0.480 e. The summed E-state index contributed by atoms with van der Waals surface area (Å²) in [5.74, 6) is -0.843. The smallest absolute Gasteiger partial charge is 0.325 e. The van der Waals surface area contributed by atoms with E-state index in [1.54, 1.807) is 12.3 Å². The number of hydrogen-bond donors (Lipinski definition) is 2. The number of carboxylic acids is 1. The highest BCUT2D eigenvalue weighted by Gasteiger charge is 2.32. The summed E-state index contributed by atoms with van der Waals surface area (Å²) in [6.45, 7) is 3.79. The second-order valence-electron chi connectivity index (χ2n) is 7.12. The van der Waals surface area contributed by atoms with E-state index in [2.05, 4.69) is 16.0 Å². The molecule has 1 aromatic heterocycles. The molecule has 0 amide bonds. The van der Waals surface area contributed by atoms with Gasteiger partial charge in [0, 0.05) is 65.4 Å². The van der Waals surface area contributed by atoms with Gasteiger partial charge in [-0.25, -0.2) is 0 Å². The number of fused-ring (bicyclic) bond motifs is 1. The van der Waals surface area contributed by atoms with Gasteiger partial charge >= 0.3 is 5.97 Å². The molecule has 1 aliphatic heterocycles. The van der Waals surface area contributed by atoms with Crippen LogP contribution in [-0.2, 0) is 11.3 Å². The average molecular weight is 418 g/mol. The highest BCUT2D eigenvalue weighted by Crippen LogP contribution is 2.31. The van der Waals surface area contributed by atoms with E-state index < -0.39 is 12.0 Å². The van der Waals surface area contributed by atoms with Gasteiger partial charge in [0.05, 0.1) is 0 Å². The molecule has 1 atom stereocenters. The standard InChI is InChI=1S/C21H21Cl2N3O2/c22-15-3-1-2-14(10-15)13-25-6-8-26(9-7-25)20(21(27)28)18-12-24-19-5-4-16(23)11-17(18)19/h1-5,10-12,20,24H,6-9,13H2,(H,27,28)/t20-/m0/s1. The summed E-state index contributed by atoms with van der Waals surface area (Å²) < 4.78 is 0. The van der Waals surface area contributed by atoms with Crippen LogP contribution in [0.15, 0.2) is 48.7 Å². The minimum Gasteiger partial charge on any atom is -0.480 e. The molecule has 0 bridgehead atoms. The summed E-state index contributed by atoms with van der Waals surface area (Å²) in [6, 6.07) is 12.7. The van der Waals surface area contributed by atoms with Gasteiger partial charge in [0.25, 0.3) is 0 Å². The van der Waals surface area contributed by atoms with E-state index in [4.69, 9.17) is 23.2 Å². The van der Waals surface area contributed by atoms with Crippen LogP contribution in [0.5, 0.6) is 0 Å². The molecule has 1 saturated heterocycles. The highest BCUT2D eigenvalue weighted by molar-refractivity contribution is 6.31. The minimum atomic E-state index is -0.843. The number of piperazine rings is 1. The molecule has 0 spiro atoms. The summed E-state index contributed by atoms with van der Waals surface area (Å²) in [5, 5.41) is 12.1. The number of H-pyrrole nitrogens is 1. The zero-order chi connectivity index (χ0) is 19.7. The Hall–Kier alpha value is -2.05. The Morgan fingerprint density at radius 2 is 1.82 bits per heavy atom. The fourth-order valence-electron chi connectivity index (χ4n) is 3.90. The van der Waals surface area contributed by atoms with Crippen LogP contribution in [0.4, 0.5) is 0 Å². The molecule has 7 heteroatoms. The van der Waals surface area contributed by atoms with E-state index in [1.807, 2.05) is 35.2 Å². The van der Waals surface area contributed by atoms with Gasteiger partial charge in [0.1, 0.15) is 6.04 Å². The third kappa shape index (κ3) is 4.03. The number of halogens is 2. The van der Waals surface area contributed by atoms with Gasteiger partial charge in [-0.05, 0) is 35.9 Å². The molecule has 5 nitrogen and oxygen atoms in total. The molecule has 146 valence electrons. The van der Waals surface area contributed by atoms with Gasteiger partial charge < -0.3 is 10.1 Å². The van der Waals surface area contributed by atoms with Crippen molar-refractivity contribution in [2.24, 2.45) is 0 Å². The molecule has 28 heavy (non-hydrogen) atoms. The van der Waals surface area contributed by atoms with Crippen molar-refractivity contribution in [2.45, 2.75) is 12.6 Å². The molecule has 0 unspecified atom stereocenters. The maximum atomic E-state index is 12.1. The molecule has 4 rings (SSSR count). The second-order valence-corrected chi connectivity index (χ2v) is 7.99. The van der Waals surface area contributed by atoms with Crippen LogP contribution in [0.3, 0.4) is 0 Å². The maximum Gasteiger partial charge on any atom is 0.325 e. The van der Waals surface area contributed by atoms with Crippen molar-refractivity contribution in [2.75, 3.05) is 26.2 Å². The third-order valence-electron chi connectivity index (χ3n) is 5.27. The van der Waals surface area contributed by atoms with Gasteiger partial charge in [-0.2, -0.15) is 0 Å². The Balaban J connectivity index is 1.49. The molecule has 0 saturated carbocycles. The van der Waals surface area contributed by atoms with Crippen molar-refractivity contribution in [3.63, 3.8) is 0 Å². The predicted molar refractivity (Wildman–Crippen MR) is 112 cm³/mol. The summed E-state index contributed by atoms with van der Waals surface area (Å²) >= 11 is 12.2. The lowest BCUT2D eigenvalue weighted by atomic mass is 10.0. The van der Waals surface area contributed by atoms with Crippen molar-refractivity contribution in [1.29, 1.82) is 0 Å².